The van der Waals surface area contributed by atoms with Gasteiger partial charge in [0.25, 0.3) is 0 Å². The molecule has 2 heterocycles. The number of likely N-dealkylation sites (N-methyl/N-ethyl adjacent to an activating group) is 1. The number of H-pyrrole nitrogens is 1. The van der Waals surface area contributed by atoms with Crippen molar-refractivity contribution >= 4 is 45.1 Å². The van der Waals surface area contributed by atoms with E-state index in [-0.39, 0.29) is 5.91 Å². The molecule has 0 saturated heterocycles. The number of aromatic amines is 1. The van der Waals surface area contributed by atoms with Crippen molar-refractivity contribution in [1.82, 2.24) is 4.98 Å². The fourth-order valence-corrected chi connectivity index (χ4v) is 5.50. The third-order valence-corrected chi connectivity index (χ3v) is 6.77. The molecule has 3 nitrogen and oxygen atoms in total. The Hall–Kier alpha value is -2.60. The first kappa shape index (κ1) is 17.5. The molecule has 0 saturated carbocycles. The lowest BCUT2D eigenvalue weighted by molar-refractivity contribution is -0.120. The molecule has 3 aromatic carbocycles. The highest BCUT2D eigenvalue weighted by atomic mass is 127. The zero-order valence-corrected chi connectivity index (χ0v) is 17.8. The molecule has 4 aromatic rings. The van der Waals surface area contributed by atoms with E-state index in [1.54, 1.807) is 0 Å². The van der Waals surface area contributed by atoms with Gasteiger partial charge in [-0.2, -0.15) is 0 Å². The van der Waals surface area contributed by atoms with Crippen LogP contribution in [0.1, 0.15) is 22.4 Å². The van der Waals surface area contributed by atoms with Gasteiger partial charge in [0.05, 0.1) is 5.69 Å². The van der Waals surface area contributed by atoms with E-state index in [9.17, 15) is 4.79 Å². The quantitative estimate of drug-likeness (QED) is 0.386. The number of aromatic nitrogens is 1. The smallest absolute Gasteiger partial charge is 0.248 e. The summed E-state index contributed by atoms with van der Waals surface area (Å²) in [5.74, 6) is 0.0764. The monoisotopic (exact) mass is 478 g/mol. The molecule has 1 aliphatic rings. The van der Waals surface area contributed by atoms with Crippen molar-refractivity contribution in [2.45, 2.75) is 12.3 Å². The van der Waals surface area contributed by atoms with Gasteiger partial charge in [-0.25, -0.2) is 0 Å². The maximum absolute atomic E-state index is 14.0. The summed E-state index contributed by atoms with van der Waals surface area (Å²) in [6, 6.07) is 24.6. The van der Waals surface area contributed by atoms with Gasteiger partial charge in [-0.15, -0.1) is 0 Å². The Bertz CT molecular complexity index is 1230. The number of nitrogens with one attached hydrogen (secondary N) is 1. The van der Waals surface area contributed by atoms with Crippen LogP contribution in [0.5, 0.6) is 0 Å². The summed E-state index contributed by atoms with van der Waals surface area (Å²) in [6.45, 7) is 2.11. The van der Waals surface area contributed by atoms with Gasteiger partial charge in [0.15, 0.2) is 0 Å². The molecule has 0 spiro atoms. The minimum absolute atomic E-state index is 0.0764. The van der Waals surface area contributed by atoms with Gasteiger partial charge in [0, 0.05) is 32.8 Å². The van der Waals surface area contributed by atoms with E-state index < -0.39 is 5.41 Å². The fourth-order valence-electron chi connectivity index (χ4n) is 4.64. The highest BCUT2D eigenvalue weighted by Crippen LogP contribution is 2.52. The molecule has 28 heavy (non-hydrogen) atoms. The Kier molecular flexibility index (Phi) is 3.88. The first-order valence-electron chi connectivity index (χ1n) is 9.27. The third-order valence-electron chi connectivity index (χ3n) is 5.90. The van der Waals surface area contributed by atoms with E-state index in [0.29, 0.717) is 0 Å². The molecule has 1 amide bonds. The van der Waals surface area contributed by atoms with Crippen LogP contribution in [0.2, 0.25) is 0 Å². The standard InChI is InChI=1S/C24H19IN2O/c1-15-17-11-6-7-14-20(17)26-22(15)24(16-9-4-3-5-10-16)18-12-8-13-19(25)21(18)27(2)23(24)28/h3-14,26H,1-2H3. The minimum atomic E-state index is -0.879. The van der Waals surface area contributed by atoms with Crippen molar-refractivity contribution < 1.29 is 4.79 Å². The van der Waals surface area contributed by atoms with Gasteiger partial charge in [0.1, 0.15) is 5.41 Å². The molecule has 5 rings (SSSR count). The SMILES string of the molecule is Cc1c(C2(c3ccccc3)C(=O)N(C)c3c(I)cccc32)[nH]c2ccccc12. The zero-order valence-electron chi connectivity index (χ0n) is 15.7. The van der Waals surface area contributed by atoms with E-state index in [4.69, 9.17) is 0 Å². The zero-order chi connectivity index (χ0) is 19.5. The van der Waals surface area contributed by atoms with Crippen molar-refractivity contribution in [2.75, 3.05) is 11.9 Å². The number of anilines is 1. The number of carbonyl (C=O) groups excluding carboxylic acids is 1. The lowest BCUT2D eigenvalue weighted by Gasteiger charge is -2.29. The van der Waals surface area contributed by atoms with Crippen LogP contribution in [0.15, 0.2) is 72.8 Å². The number of benzene rings is 3. The number of hydrogen-bond acceptors (Lipinski definition) is 1. The van der Waals surface area contributed by atoms with Crippen molar-refractivity contribution in [3.8, 4) is 0 Å². The summed E-state index contributed by atoms with van der Waals surface area (Å²) in [5, 5.41) is 1.15. The van der Waals surface area contributed by atoms with Gasteiger partial charge in [0.2, 0.25) is 5.91 Å². The van der Waals surface area contributed by atoms with Crippen molar-refractivity contribution in [1.29, 1.82) is 0 Å². The van der Waals surface area contributed by atoms with Crippen molar-refractivity contribution in [3.05, 3.63) is 98.8 Å². The van der Waals surface area contributed by atoms with Crippen LogP contribution < -0.4 is 4.90 Å². The molecule has 0 aliphatic carbocycles. The molecular weight excluding hydrogens is 459 g/mol. The van der Waals surface area contributed by atoms with E-state index in [0.717, 1.165) is 42.5 Å². The summed E-state index contributed by atoms with van der Waals surface area (Å²) >= 11 is 2.33. The normalized spacial score (nSPS) is 18.7. The first-order chi connectivity index (χ1) is 13.6. The number of halogens is 1. The maximum Gasteiger partial charge on any atom is 0.248 e. The molecule has 0 bridgehead atoms. The number of hydrogen-bond donors (Lipinski definition) is 1. The number of amides is 1. The lowest BCUT2D eigenvalue weighted by atomic mass is 9.71. The molecule has 1 aliphatic heterocycles. The Labute approximate surface area is 177 Å². The second-order valence-electron chi connectivity index (χ2n) is 7.29. The van der Waals surface area contributed by atoms with Crippen LogP contribution in [0.3, 0.4) is 0 Å². The number of nitrogens with zero attached hydrogens (tertiary/aromatic N) is 1. The average molecular weight is 478 g/mol. The third kappa shape index (κ3) is 2.12. The lowest BCUT2D eigenvalue weighted by Crippen LogP contribution is -2.41. The number of para-hydroxylation sites is 2. The van der Waals surface area contributed by atoms with Gasteiger partial charge in [-0.05, 0) is 52.8 Å². The summed E-state index contributed by atoms with van der Waals surface area (Å²) in [5.41, 5.74) is 5.27. The molecule has 1 N–H and O–H groups in total. The van der Waals surface area contributed by atoms with Crippen LogP contribution in [0, 0.1) is 10.5 Å². The second-order valence-corrected chi connectivity index (χ2v) is 8.45. The number of aryl methyl sites for hydroxylation is 1. The summed E-state index contributed by atoms with van der Waals surface area (Å²) in [6.07, 6.45) is 0. The molecule has 4 heteroatoms. The largest absolute Gasteiger partial charge is 0.357 e. The highest BCUT2D eigenvalue weighted by Gasteiger charge is 2.54. The Morgan fingerprint density at radius 2 is 1.64 bits per heavy atom. The van der Waals surface area contributed by atoms with Crippen LogP contribution >= 0.6 is 22.6 Å². The minimum Gasteiger partial charge on any atom is -0.357 e. The number of fused-ring (bicyclic) bond motifs is 2. The highest BCUT2D eigenvalue weighted by molar-refractivity contribution is 14.1. The summed E-state index contributed by atoms with van der Waals surface area (Å²) in [7, 11) is 1.88. The molecular formula is C24H19IN2O. The van der Waals surface area contributed by atoms with E-state index >= 15 is 0 Å². The van der Waals surface area contributed by atoms with Crippen LogP contribution in [-0.2, 0) is 10.2 Å². The van der Waals surface area contributed by atoms with E-state index in [1.165, 1.54) is 0 Å². The summed E-state index contributed by atoms with van der Waals surface area (Å²) < 4.78 is 1.08. The average Bonchev–Trinajstić information content (AvgIpc) is 3.17. The topological polar surface area (TPSA) is 36.1 Å². The van der Waals surface area contributed by atoms with Crippen molar-refractivity contribution in [2.24, 2.45) is 0 Å². The molecule has 1 atom stereocenters. The van der Waals surface area contributed by atoms with E-state index in [1.807, 2.05) is 48.3 Å². The van der Waals surface area contributed by atoms with Crippen molar-refractivity contribution in [3.63, 3.8) is 0 Å². The van der Waals surface area contributed by atoms with Crippen LogP contribution in [0.25, 0.3) is 10.9 Å². The van der Waals surface area contributed by atoms with Gasteiger partial charge in [-0.1, -0.05) is 60.7 Å². The first-order valence-corrected chi connectivity index (χ1v) is 10.3. The number of rotatable bonds is 2. The molecule has 0 radical (unpaired) electrons. The Morgan fingerprint density at radius 3 is 2.39 bits per heavy atom. The Morgan fingerprint density at radius 1 is 0.929 bits per heavy atom. The second kappa shape index (κ2) is 6.21. The van der Waals surface area contributed by atoms with Gasteiger partial charge in [-0.3, -0.25) is 4.79 Å². The van der Waals surface area contributed by atoms with Crippen LogP contribution in [0.4, 0.5) is 5.69 Å². The number of carbonyl (C=O) groups is 1. The van der Waals surface area contributed by atoms with Gasteiger partial charge >= 0.3 is 0 Å². The van der Waals surface area contributed by atoms with Gasteiger partial charge < -0.3 is 9.88 Å². The predicted octanol–water partition coefficient (Wildman–Crippen LogP) is 5.39. The van der Waals surface area contributed by atoms with E-state index in [2.05, 4.69) is 70.9 Å². The molecule has 138 valence electrons. The summed E-state index contributed by atoms with van der Waals surface area (Å²) in [4.78, 5) is 19.4. The molecule has 1 unspecified atom stereocenters. The molecule has 0 fully saturated rings. The maximum atomic E-state index is 14.0. The Balaban J connectivity index is 1.96. The fraction of sp³-hybridized carbons (Fsp3) is 0.125. The predicted molar refractivity (Wildman–Crippen MR) is 122 cm³/mol. The molecule has 1 aromatic heterocycles. The van der Waals surface area contributed by atoms with Crippen LogP contribution in [-0.4, -0.2) is 17.9 Å².